The van der Waals surface area contributed by atoms with Crippen molar-refractivity contribution in [2.24, 2.45) is 0 Å². The molecule has 0 saturated carbocycles. The highest BCUT2D eigenvalue weighted by molar-refractivity contribution is 6.36. The van der Waals surface area contributed by atoms with E-state index in [-0.39, 0.29) is 11.6 Å². The van der Waals surface area contributed by atoms with Crippen LogP contribution in [-0.2, 0) is 0 Å². The maximum absolute atomic E-state index is 13.2. The second-order valence-electron chi connectivity index (χ2n) is 6.91. The number of hydrogen-bond acceptors (Lipinski definition) is 4. The fourth-order valence-electron chi connectivity index (χ4n) is 3.29. The maximum atomic E-state index is 13.2. The second-order valence-corrected chi connectivity index (χ2v) is 7.75. The minimum absolute atomic E-state index is 0.0375. The molecule has 0 fully saturated rings. The van der Waals surface area contributed by atoms with Crippen LogP contribution in [0.15, 0.2) is 66.7 Å². The summed E-state index contributed by atoms with van der Waals surface area (Å²) < 4.78 is 0. The summed E-state index contributed by atoms with van der Waals surface area (Å²) in [6, 6.07) is 18.3. The van der Waals surface area contributed by atoms with Gasteiger partial charge in [0.25, 0.3) is 11.6 Å². The highest BCUT2D eigenvalue weighted by atomic mass is 35.5. The number of hydrogen-bond donors (Lipinski definition) is 1. The van der Waals surface area contributed by atoms with Gasteiger partial charge in [-0.2, -0.15) is 0 Å². The molecule has 1 heterocycles. The molecule has 0 saturated heterocycles. The van der Waals surface area contributed by atoms with Gasteiger partial charge in [0.05, 0.1) is 26.7 Å². The topological polar surface area (TPSA) is 85.1 Å². The van der Waals surface area contributed by atoms with Crippen LogP contribution < -0.4 is 5.32 Å². The lowest BCUT2D eigenvalue weighted by atomic mass is 10.0. The predicted octanol–water partition coefficient (Wildman–Crippen LogP) is 6.68. The number of fused-ring (bicyclic) bond motifs is 1. The largest absolute Gasteiger partial charge is 0.322 e. The van der Waals surface area contributed by atoms with Crippen LogP contribution >= 0.6 is 23.2 Å². The van der Waals surface area contributed by atoms with Gasteiger partial charge in [0, 0.05) is 33.8 Å². The Labute approximate surface area is 187 Å². The van der Waals surface area contributed by atoms with E-state index in [1.165, 1.54) is 18.2 Å². The van der Waals surface area contributed by atoms with Gasteiger partial charge in [-0.3, -0.25) is 14.9 Å². The van der Waals surface area contributed by atoms with Crippen LogP contribution in [0.25, 0.3) is 22.2 Å². The Balaban J connectivity index is 1.79. The molecule has 1 amide bonds. The van der Waals surface area contributed by atoms with E-state index in [9.17, 15) is 14.9 Å². The van der Waals surface area contributed by atoms with Crippen LogP contribution in [0.1, 0.15) is 15.9 Å². The lowest BCUT2D eigenvalue weighted by Crippen LogP contribution is -2.14. The zero-order valence-corrected chi connectivity index (χ0v) is 17.7. The van der Waals surface area contributed by atoms with Gasteiger partial charge in [-0.1, -0.05) is 41.4 Å². The second kappa shape index (κ2) is 8.34. The van der Waals surface area contributed by atoms with E-state index in [1.54, 1.807) is 31.2 Å². The van der Waals surface area contributed by atoms with Gasteiger partial charge in [0.2, 0.25) is 0 Å². The van der Waals surface area contributed by atoms with Gasteiger partial charge in [-0.15, -0.1) is 0 Å². The van der Waals surface area contributed by atoms with Crippen molar-refractivity contribution in [2.45, 2.75) is 6.92 Å². The molecule has 0 atom stereocenters. The number of nitrogens with one attached hydrogen (secondary N) is 1. The van der Waals surface area contributed by atoms with Crippen molar-refractivity contribution in [2.75, 3.05) is 5.32 Å². The van der Waals surface area contributed by atoms with Crippen LogP contribution in [0.3, 0.4) is 0 Å². The quantitative estimate of drug-likeness (QED) is 0.277. The maximum Gasteiger partial charge on any atom is 0.269 e. The molecule has 31 heavy (non-hydrogen) atoms. The minimum Gasteiger partial charge on any atom is -0.322 e. The number of carbonyl (C=O) groups is 1. The number of aryl methyl sites for hydroxylation is 1. The molecular formula is C23H15Cl2N3O3. The number of non-ortho nitro benzene ring substituents is 1. The summed E-state index contributed by atoms with van der Waals surface area (Å²) in [4.78, 5) is 28.3. The number of para-hydroxylation sites is 1. The zero-order chi connectivity index (χ0) is 22.1. The minimum atomic E-state index is -0.475. The standard InChI is InChI=1S/C23H15Cl2N3O3/c1-13-10-15(28(30)31)7-9-20(13)27-23(29)18-12-22(17-8-6-14(24)11-19(17)25)26-21-5-3-2-4-16(18)21/h2-12H,1H3,(H,27,29). The number of anilines is 1. The van der Waals surface area contributed by atoms with E-state index in [4.69, 9.17) is 23.2 Å². The number of carbonyl (C=O) groups excluding carboxylic acids is 1. The number of rotatable bonds is 4. The summed E-state index contributed by atoms with van der Waals surface area (Å²) in [6.07, 6.45) is 0. The Bertz CT molecular complexity index is 1360. The first-order chi connectivity index (χ1) is 14.8. The SMILES string of the molecule is Cc1cc([N+](=O)[O-])ccc1NC(=O)c1cc(-c2ccc(Cl)cc2Cl)nc2ccccc12. The number of benzene rings is 3. The monoisotopic (exact) mass is 451 g/mol. The Kier molecular flexibility index (Phi) is 5.59. The number of nitrogens with zero attached hydrogens (tertiary/aromatic N) is 2. The van der Waals surface area contributed by atoms with Gasteiger partial charge in [-0.05, 0) is 48.9 Å². The third kappa shape index (κ3) is 4.21. The zero-order valence-electron chi connectivity index (χ0n) is 16.2. The van der Waals surface area contributed by atoms with Gasteiger partial charge in [-0.25, -0.2) is 4.98 Å². The van der Waals surface area contributed by atoms with Crippen molar-refractivity contribution in [3.05, 3.63) is 98.0 Å². The average Bonchev–Trinajstić information content (AvgIpc) is 2.74. The fraction of sp³-hybridized carbons (Fsp3) is 0.0435. The average molecular weight is 452 g/mol. The third-order valence-corrected chi connectivity index (χ3v) is 5.38. The Morgan fingerprint density at radius 2 is 1.81 bits per heavy atom. The van der Waals surface area contributed by atoms with E-state index >= 15 is 0 Å². The van der Waals surface area contributed by atoms with Crippen LogP contribution in [0.5, 0.6) is 0 Å². The van der Waals surface area contributed by atoms with E-state index in [0.717, 1.165) is 0 Å². The van der Waals surface area contributed by atoms with Crippen molar-refractivity contribution in [3.8, 4) is 11.3 Å². The first kappa shape index (κ1) is 20.8. The summed E-state index contributed by atoms with van der Waals surface area (Å²) in [5.41, 5.74) is 3.26. The molecule has 1 N–H and O–H groups in total. The molecule has 8 heteroatoms. The molecule has 1 aromatic heterocycles. The number of aromatic nitrogens is 1. The highest BCUT2D eigenvalue weighted by Crippen LogP contribution is 2.32. The van der Waals surface area contributed by atoms with Crippen molar-refractivity contribution < 1.29 is 9.72 Å². The lowest BCUT2D eigenvalue weighted by molar-refractivity contribution is -0.384. The summed E-state index contributed by atoms with van der Waals surface area (Å²) in [7, 11) is 0. The summed E-state index contributed by atoms with van der Waals surface area (Å²) in [6.45, 7) is 1.70. The van der Waals surface area contributed by atoms with E-state index in [1.807, 2.05) is 24.3 Å². The highest BCUT2D eigenvalue weighted by Gasteiger charge is 2.17. The molecule has 0 aliphatic carbocycles. The van der Waals surface area contributed by atoms with Crippen LogP contribution in [0.4, 0.5) is 11.4 Å². The van der Waals surface area contributed by atoms with Crippen molar-refractivity contribution in [3.63, 3.8) is 0 Å². The van der Waals surface area contributed by atoms with E-state index in [2.05, 4.69) is 10.3 Å². The smallest absolute Gasteiger partial charge is 0.269 e. The summed E-state index contributed by atoms with van der Waals surface area (Å²) in [5.74, 6) is -0.359. The number of nitro groups is 1. The van der Waals surface area contributed by atoms with Gasteiger partial charge in [0.1, 0.15) is 0 Å². The molecule has 6 nitrogen and oxygen atoms in total. The molecule has 0 spiro atoms. The van der Waals surface area contributed by atoms with Crippen molar-refractivity contribution in [1.29, 1.82) is 0 Å². The van der Waals surface area contributed by atoms with E-state index < -0.39 is 4.92 Å². The molecule has 4 rings (SSSR count). The van der Waals surface area contributed by atoms with Crippen LogP contribution in [-0.4, -0.2) is 15.8 Å². The van der Waals surface area contributed by atoms with E-state index in [0.29, 0.717) is 49.0 Å². The molecule has 154 valence electrons. The number of amides is 1. The molecule has 3 aromatic carbocycles. The fourth-order valence-corrected chi connectivity index (χ4v) is 3.80. The first-order valence-corrected chi connectivity index (χ1v) is 10.0. The summed E-state index contributed by atoms with van der Waals surface area (Å²) in [5, 5.41) is 15.4. The normalized spacial score (nSPS) is 10.8. The molecule has 0 bridgehead atoms. The first-order valence-electron chi connectivity index (χ1n) is 9.25. The Morgan fingerprint density at radius 3 is 2.52 bits per heavy atom. The Hall–Kier alpha value is -3.48. The van der Waals surface area contributed by atoms with Gasteiger partial charge >= 0.3 is 0 Å². The molecule has 0 unspecified atom stereocenters. The number of pyridine rings is 1. The summed E-state index contributed by atoms with van der Waals surface area (Å²) >= 11 is 12.4. The lowest BCUT2D eigenvalue weighted by Gasteiger charge is -2.13. The molecule has 0 aliphatic rings. The van der Waals surface area contributed by atoms with Crippen LogP contribution in [0.2, 0.25) is 10.0 Å². The third-order valence-electron chi connectivity index (χ3n) is 4.84. The molecule has 0 radical (unpaired) electrons. The molecule has 4 aromatic rings. The Morgan fingerprint density at radius 1 is 1.03 bits per heavy atom. The predicted molar refractivity (Wildman–Crippen MR) is 123 cm³/mol. The van der Waals surface area contributed by atoms with Gasteiger partial charge in [0.15, 0.2) is 0 Å². The van der Waals surface area contributed by atoms with Crippen molar-refractivity contribution in [1.82, 2.24) is 4.98 Å². The van der Waals surface area contributed by atoms with Crippen molar-refractivity contribution >= 4 is 51.4 Å². The van der Waals surface area contributed by atoms with Crippen LogP contribution in [0, 0.1) is 17.0 Å². The molecule has 0 aliphatic heterocycles. The molecular weight excluding hydrogens is 437 g/mol. The van der Waals surface area contributed by atoms with Gasteiger partial charge < -0.3 is 5.32 Å². The number of nitro benzene ring substituents is 1. The number of halogens is 2.